The van der Waals surface area contributed by atoms with Crippen LogP contribution in [0.1, 0.15) is 22.7 Å². The molecule has 1 atom stereocenters. The standard InChI is InChI=1S/C28H24ClN3O6/c1-14-6-5-7-15(10-14)24-23(25(33)16-8-9-20(36-2)17(29)11-16)26(34)27(35)32(24)28-30-18-12-21(37-3)22(38-4)13-19(18)31-28/h5-13,24,33H,1-4H3,(H,30,31)/b25-23+. The summed E-state index contributed by atoms with van der Waals surface area (Å²) in [5, 5.41) is 11.6. The number of aromatic nitrogens is 2. The second-order valence-corrected chi connectivity index (χ2v) is 9.12. The number of fused-ring (bicyclic) bond motifs is 1. The molecule has 1 unspecified atom stereocenters. The van der Waals surface area contributed by atoms with Gasteiger partial charge in [-0.1, -0.05) is 41.4 Å². The number of nitrogens with zero attached hydrogens (tertiary/aromatic N) is 2. The molecule has 1 aliphatic rings. The van der Waals surface area contributed by atoms with Gasteiger partial charge in [-0.15, -0.1) is 0 Å². The first kappa shape index (κ1) is 25.2. The number of rotatable bonds is 6. The molecule has 1 amide bonds. The molecule has 0 bridgehead atoms. The molecule has 194 valence electrons. The summed E-state index contributed by atoms with van der Waals surface area (Å²) in [4.78, 5) is 35.9. The minimum atomic E-state index is -0.958. The summed E-state index contributed by atoms with van der Waals surface area (Å²) in [6, 6.07) is 14.4. The molecule has 5 rings (SSSR count). The van der Waals surface area contributed by atoms with Gasteiger partial charge in [-0.05, 0) is 30.7 Å². The van der Waals surface area contributed by atoms with E-state index in [1.165, 1.54) is 32.3 Å². The second kappa shape index (κ2) is 9.75. The van der Waals surface area contributed by atoms with E-state index in [2.05, 4.69) is 9.97 Å². The first-order valence-corrected chi connectivity index (χ1v) is 12.0. The molecule has 1 saturated heterocycles. The van der Waals surface area contributed by atoms with Gasteiger partial charge in [0.2, 0.25) is 5.95 Å². The SMILES string of the molecule is COc1ccc(/C(O)=C2\C(=O)C(=O)N(c3nc4cc(OC)c(OC)cc4[nH]3)C2c2cccc(C)c2)cc1Cl. The van der Waals surface area contributed by atoms with Crippen molar-refractivity contribution >= 4 is 46.0 Å². The van der Waals surface area contributed by atoms with Crippen LogP contribution in [0.5, 0.6) is 17.2 Å². The Labute approximate surface area is 223 Å². The smallest absolute Gasteiger partial charge is 0.302 e. The molecule has 0 saturated carbocycles. The normalized spacial score (nSPS) is 16.8. The van der Waals surface area contributed by atoms with E-state index in [0.29, 0.717) is 33.8 Å². The topological polar surface area (TPSA) is 114 Å². The fourth-order valence-corrected chi connectivity index (χ4v) is 4.87. The molecule has 2 N–H and O–H groups in total. The predicted octanol–water partition coefficient (Wildman–Crippen LogP) is 5.18. The van der Waals surface area contributed by atoms with Crippen LogP contribution in [-0.2, 0) is 9.59 Å². The molecule has 1 aliphatic heterocycles. The maximum absolute atomic E-state index is 13.5. The fourth-order valence-electron chi connectivity index (χ4n) is 4.61. The van der Waals surface area contributed by atoms with Crippen molar-refractivity contribution in [2.45, 2.75) is 13.0 Å². The largest absolute Gasteiger partial charge is 0.507 e. The lowest BCUT2D eigenvalue weighted by molar-refractivity contribution is -0.132. The Balaban J connectivity index is 1.72. The maximum atomic E-state index is 13.5. The van der Waals surface area contributed by atoms with E-state index in [1.807, 2.05) is 25.1 Å². The Morgan fingerprint density at radius 1 is 0.974 bits per heavy atom. The lowest BCUT2D eigenvalue weighted by Gasteiger charge is -2.23. The highest BCUT2D eigenvalue weighted by Crippen LogP contribution is 2.43. The van der Waals surface area contributed by atoms with Crippen molar-refractivity contribution in [2.24, 2.45) is 0 Å². The van der Waals surface area contributed by atoms with Gasteiger partial charge in [0, 0.05) is 17.7 Å². The van der Waals surface area contributed by atoms with Crippen molar-refractivity contribution in [1.29, 1.82) is 0 Å². The highest BCUT2D eigenvalue weighted by molar-refractivity contribution is 6.51. The fraction of sp³-hybridized carbons (Fsp3) is 0.179. The molecule has 4 aromatic rings. The number of hydrogen-bond acceptors (Lipinski definition) is 7. The van der Waals surface area contributed by atoms with Crippen LogP contribution in [-0.4, -0.2) is 48.1 Å². The van der Waals surface area contributed by atoms with Crippen molar-refractivity contribution in [2.75, 3.05) is 26.2 Å². The highest BCUT2D eigenvalue weighted by Gasteiger charge is 2.48. The van der Waals surface area contributed by atoms with E-state index < -0.39 is 17.7 Å². The molecule has 38 heavy (non-hydrogen) atoms. The minimum absolute atomic E-state index is 0.0857. The molecular formula is C28H24ClN3O6. The van der Waals surface area contributed by atoms with Crippen molar-refractivity contribution in [3.05, 3.63) is 81.9 Å². The van der Waals surface area contributed by atoms with Crippen molar-refractivity contribution in [3.63, 3.8) is 0 Å². The quantitative estimate of drug-likeness (QED) is 0.199. The average Bonchev–Trinajstić information content (AvgIpc) is 3.44. The first-order valence-electron chi connectivity index (χ1n) is 11.6. The van der Waals surface area contributed by atoms with E-state index in [4.69, 9.17) is 25.8 Å². The molecular weight excluding hydrogens is 510 g/mol. The zero-order chi connectivity index (χ0) is 27.1. The number of aryl methyl sites for hydroxylation is 1. The van der Waals surface area contributed by atoms with Gasteiger partial charge in [0.25, 0.3) is 5.78 Å². The highest BCUT2D eigenvalue weighted by atomic mass is 35.5. The van der Waals surface area contributed by atoms with Crippen LogP contribution in [0, 0.1) is 6.92 Å². The molecule has 0 aliphatic carbocycles. The molecule has 0 spiro atoms. The third kappa shape index (κ3) is 4.10. The van der Waals surface area contributed by atoms with Gasteiger partial charge in [0.1, 0.15) is 11.5 Å². The van der Waals surface area contributed by atoms with E-state index in [9.17, 15) is 14.7 Å². The van der Waals surface area contributed by atoms with Gasteiger partial charge >= 0.3 is 5.91 Å². The predicted molar refractivity (Wildman–Crippen MR) is 143 cm³/mol. The number of aromatic amines is 1. The van der Waals surface area contributed by atoms with Gasteiger partial charge < -0.3 is 24.3 Å². The summed E-state index contributed by atoms with van der Waals surface area (Å²) in [6.07, 6.45) is 0. The number of ether oxygens (including phenoxy) is 3. The number of H-pyrrole nitrogens is 1. The second-order valence-electron chi connectivity index (χ2n) is 8.72. The number of methoxy groups -OCH3 is 3. The van der Waals surface area contributed by atoms with Crippen LogP contribution in [0.2, 0.25) is 5.02 Å². The van der Waals surface area contributed by atoms with Crippen LogP contribution in [0.25, 0.3) is 16.8 Å². The van der Waals surface area contributed by atoms with E-state index in [1.54, 1.807) is 30.3 Å². The van der Waals surface area contributed by atoms with Crippen molar-refractivity contribution in [3.8, 4) is 17.2 Å². The minimum Gasteiger partial charge on any atom is -0.507 e. The van der Waals surface area contributed by atoms with Crippen LogP contribution < -0.4 is 19.1 Å². The Bertz CT molecular complexity index is 1590. The van der Waals surface area contributed by atoms with Crippen molar-refractivity contribution < 1.29 is 28.9 Å². The Morgan fingerprint density at radius 3 is 2.34 bits per heavy atom. The number of nitrogens with one attached hydrogen (secondary N) is 1. The molecule has 9 nitrogen and oxygen atoms in total. The molecule has 2 heterocycles. The average molecular weight is 534 g/mol. The Kier molecular flexibility index (Phi) is 6.46. The Hall–Kier alpha value is -4.50. The molecule has 1 fully saturated rings. The number of Topliss-reactive ketones (excluding diaryl/α,β-unsaturated/α-hetero) is 1. The number of hydrogen-bond donors (Lipinski definition) is 2. The summed E-state index contributed by atoms with van der Waals surface area (Å²) in [5.41, 5.74) is 2.80. The number of aliphatic hydroxyl groups is 1. The number of benzene rings is 3. The van der Waals surface area contributed by atoms with Gasteiger partial charge in [-0.2, -0.15) is 0 Å². The number of carbonyl (C=O) groups excluding carboxylic acids is 2. The van der Waals surface area contributed by atoms with Gasteiger partial charge in [0.05, 0.1) is 49.0 Å². The number of imidazole rings is 1. The first-order chi connectivity index (χ1) is 18.3. The maximum Gasteiger partial charge on any atom is 0.302 e. The number of anilines is 1. The lowest BCUT2D eigenvalue weighted by atomic mass is 9.94. The third-order valence-electron chi connectivity index (χ3n) is 6.43. The van der Waals surface area contributed by atoms with Crippen LogP contribution >= 0.6 is 11.6 Å². The molecule has 0 radical (unpaired) electrons. The van der Waals surface area contributed by atoms with E-state index in [-0.39, 0.29) is 27.9 Å². The van der Waals surface area contributed by atoms with Gasteiger partial charge in [-0.25, -0.2) is 4.98 Å². The summed E-state index contributed by atoms with van der Waals surface area (Å²) in [5.74, 6) is -0.563. The van der Waals surface area contributed by atoms with Gasteiger partial charge in [0.15, 0.2) is 11.5 Å². The van der Waals surface area contributed by atoms with Crippen LogP contribution in [0.4, 0.5) is 5.95 Å². The molecule has 3 aromatic carbocycles. The summed E-state index contributed by atoms with van der Waals surface area (Å²) >= 11 is 6.28. The lowest BCUT2D eigenvalue weighted by Crippen LogP contribution is -2.30. The number of carbonyl (C=O) groups is 2. The van der Waals surface area contributed by atoms with E-state index >= 15 is 0 Å². The monoisotopic (exact) mass is 533 g/mol. The number of aliphatic hydroxyl groups excluding tert-OH is 1. The summed E-state index contributed by atoms with van der Waals surface area (Å²) in [7, 11) is 4.50. The molecule has 1 aromatic heterocycles. The molecule has 10 heteroatoms. The number of amides is 1. The zero-order valence-corrected chi connectivity index (χ0v) is 21.8. The Morgan fingerprint density at radius 2 is 1.68 bits per heavy atom. The summed E-state index contributed by atoms with van der Waals surface area (Å²) < 4.78 is 15.9. The number of halogens is 1. The third-order valence-corrected chi connectivity index (χ3v) is 6.73. The van der Waals surface area contributed by atoms with Gasteiger partial charge in [-0.3, -0.25) is 14.5 Å². The number of ketones is 1. The van der Waals surface area contributed by atoms with Crippen LogP contribution in [0.3, 0.4) is 0 Å². The van der Waals surface area contributed by atoms with Crippen LogP contribution in [0.15, 0.2) is 60.2 Å². The van der Waals surface area contributed by atoms with Crippen molar-refractivity contribution in [1.82, 2.24) is 9.97 Å². The van der Waals surface area contributed by atoms with E-state index in [0.717, 1.165) is 5.56 Å². The summed E-state index contributed by atoms with van der Waals surface area (Å²) in [6.45, 7) is 1.90. The zero-order valence-electron chi connectivity index (χ0n) is 21.0.